The van der Waals surface area contributed by atoms with Gasteiger partial charge >= 0.3 is 0 Å². The summed E-state index contributed by atoms with van der Waals surface area (Å²) in [5.74, 6) is 0.683. The van der Waals surface area contributed by atoms with Crippen molar-refractivity contribution in [2.45, 2.75) is 25.3 Å². The SMILES string of the molecule is CN1CCCCC1CNc1nccnc1Cl. The molecule has 5 heteroatoms. The number of likely N-dealkylation sites (tertiary alicyclic amines) is 1. The van der Waals surface area contributed by atoms with Gasteiger partial charge in [-0.05, 0) is 26.4 Å². The standard InChI is InChI=1S/C11H17ClN4/c1-16-7-3-2-4-9(16)8-15-11-10(12)13-5-6-14-11/h5-6,9H,2-4,7-8H2,1H3,(H,14,15). The van der Waals surface area contributed by atoms with Crippen molar-refractivity contribution < 1.29 is 0 Å². The fraction of sp³-hybridized carbons (Fsp3) is 0.636. The van der Waals surface area contributed by atoms with E-state index in [1.807, 2.05) is 0 Å². The Bertz CT molecular complexity index is 345. The Hall–Kier alpha value is -0.870. The van der Waals surface area contributed by atoms with E-state index in [0.29, 0.717) is 17.0 Å². The quantitative estimate of drug-likeness (QED) is 0.878. The van der Waals surface area contributed by atoms with E-state index in [2.05, 4.69) is 27.2 Å². The van der Waals surface area contributed by atoms with Crippen LogP contribution in [0.5, 0.6) is 0 Å². The first-order chi connectivity index (χ1) is 7.77. The predicted molar refractivity (Wildman–Crippen MR) is 65.8 cm³/mol. The highest BCUT2D eigenvalue weighted by Gasteiger charge is 2.18. The first kappa shape index (κ1) is 11.6. The molecule has 0 spiro atoms. The smallest absolute Gasteiger partial charge is 0.171 e. The minimum Gasteiger partial charge on any atom is -0.366 e. The summed E-state index contributed by atoms with van der Waals surface area (Å²) in [7, 11) is 2.17. The summed E-state index contributed by atoms with van der Waals surface area (Å²) in [6.45, 7) is 2.06. The fourth-order valence-corrected chi connectivity index (χ4v) is 2.23. The first-order valence-electron chi connectivity index (χ1n) is 5.68. The summed E-state index contributed by atoms with van der Waals surface area (Å²) < 4.78 is 0. The van der Waals surface area contributed by atoms with E-state index in [1.165, 1.54) is 25.8 Å². The number of likely N-dealkylation sites (N-methyl/N-ethyl adjacent to an activating group) is 1. The van der Waals surface area contributed by atoms with Crippen LogP contribution in [0.4, 0.5) is 5.82 Å². The molecular weight excluding hydrogens is 224 g/mol. The van der Waals surface area contributed by atoms with Crippen molar-refractivity contribution in [1.82, 2.24) is 14.9 Å². The average Bonchev–Trinajstić information content (AvgIpc) is 2.30. The van der Waals surface area contributed by atoms with Crippen LogP contribution in [-0.2, 0) is 0 Å². The van der Waals surface area contributed by atoms with Gasteiger partial charge in [-0.3, -0.25) is 0 Å². The Labute approximate surface area is 101 Å². The number of nitrogens with zero attached hydrogens (tertiary/aromatic N) is 3. The molecule has 0 aromatic carbocycles. The number of hydrogen-bond donors (Lipinski definition) is 1. The molecule has 0 aliphatic carbocycles. The Balaban J connectivity index is 1.89. The highest BCUT2D eigenvalue weighted by atomic mass is 35.5. The molecule has 0 radical (unpaired) electrons. The number of halogens is 1. The molecular formula is C11H17ClN4. The van der Waals surface area contributed by atoms with E-state index in [1.54, 1.807) is 12.4 Å². The van der Waals surface area contributed by atoms with Crippen LogP contribution in [0.25, 0.3) is 0 Å². The third-order valence-corrected chi connectivity index (χ3v) is 3.36. The summed E-state index contributed by atoms with van der Waals surface area (Å²) in [5.41, 5.74) is 0. The van der Waals surface area contributed by atoms with Crippen molar-refractivity contribution in [3.63, 3.8) is 0 Å². The summed E-state index contributed by atoms with van der Waals surface area (Å²) in [5, 5.41) is 3.71. The number of aromatic nitrogens is 2. The summed E-state index contributed by atoms with van der Waals surface area (Å²) in [6.07, 6.45) is 7.10. The lowest BCUT2D eigenvalue weighted by molar-refractivity contribution is 0.194. The molecule has 1 unspecified atom stereocenters. The van der Waals surface area contributed by atoms with E-state index in [9.17, 15) is 0 Å². The lowest BCUT2D eigenvalue weighted by atomic mass is 10.0. The van der Waals surface area contributed by atoms with Crippen molar-refractivity contribution in [1.29, 1.82) is 0 Å². The van der Waals surface area contributed by atoms with Crippen LogP contribution in [-0.4, -0.2) is 41.0 Å². The molecule has 1 aliphatic rings. The second-order valence-corrected chi connectivity index (χ2v) is 4.56. The van der Waals surface area contributed by atoms with Gasteiger partial charge in [0.05, 0.1) is 0 Å². The minimum atomic E-state index is 0.445. The molecule has 1 atom stereocenters. The maximum absolute atomic E-state index is 5.93. The topological polar surface area (TPSA) is 41.0 Å². The molecule has 2 heterocycles. The Morgan fingerprint density at radius 2 is 2.25 bits per heavy atom. The summed E-state index contributed by atoms with van der Waals surface area (Å²) in [4.78, 5) is 10.5. The van der Waals surface area contributed by atoms with E-state index in [-0.39, 0.29) is 0 Å². The van der Waals surface area contributed by atoms with Crippen molar-refractivity contribution in [3.05, 3.63) is 17.5 Å². The maximum Gasteiger partial charge on any atom is 0.171 e. The Morgan fingerprint density at radius 3 is 3.00 bits per heavy atom. The van der Waals surface area contributed by atoms with Gasteiger partial charge in [0.2, 0.25) is 0 Å². The second-order valence-electron chi connectivity index (χ2n) is 4.21. The minimum absolute atomic E-state index is 0.445. The molecule has 1 aromatic heterocycles. The average molecular weight is 241 g/mol. The predicted octanol–water partition coefficient (Wildman–Crippen LogP) is 2.03. The van der Waals surface area contributed by atoms with Gasteiger partial charge in [-0.15, -0.1) is 0 Å². The van der Waals surface area contributed by atoms with Gasteiger partial charge in [-0.25, -0.2) is 9.97 Å². The van der Waals surface area contributed by atoms with Gasteiger partial charge in [0.1, 0.15) is 0 Å². The van der Waals surface area contributed by atoms with Crippen molar-refractivity contribution >= 4 is 17.4 Å². The van der Waals surface area contributed by atoms with E-state index < -0.39 is 0 Å². The van der Waals surface area contributed by atoms with Crippen LogP contribution in [0.15, 0.2) is 12.4 Å². The lowest BCUT2D eigenvalue weighted by Gasteiger charge is -2.32. The normalized spacial score (nSPS) is 22.0. The number of hydrogen-bond acceptors (Lipinski definition) is 4. The molecule has 88 valence electrons. The lowest BCUT2D eigenvalue weighted by Crippen LogP contribution is -2.40. The molecule has 1 aromatic rings. The van der Waals surface area contributed by atoms with E-state index >= 15 is 0 Å². The molecule has 0 amide bonds. The van der Waals surface area contributed by atoms with E-state index in [0.717, 1.165) is 6.54 Å². The fourth-order valence-electron chi connectivity index (χ4n) is 2.06. The van der Waals surface area contributed by atoms with Crippen molar-refractivity contribution in [2.75, 3.05) is 25.5 Å². The highest BCUT2D eigenvalue weighted by molar-refractivity contribution is 6.31. The largest absolute Gasteiger partial charge is 0.366 e. The maximum atomic E-state index is 5.93. The second kappa shape index (κ2) is 5.46. The van der Waals surface area contributed by atoms with Crippen LogP contribution in [0, 0.1) is 0 Å². The van der Waals surface area contributed by atoms with Crippen molar-refractivity contribution in [3.8, 4) is 0 Å². The molecule has 1 fully saturated rings. The molecule has 2 rings (SSSR count). The molecule has 1 saturated heterocycles. The van der Waals surface area contributed by atoms with Crippen LogP contribution in [0.3, 0.4) is 0 Å². The zero-order valence-electron chi connectivity index (χ0n) is 9.49. The third kappa shape index (κ3) is 2.83. The summed E-state index contributed by atoms with van der Waals surface area (Å²) >= 11 is 5.93. The molecule has 1 aliphatic heterocycles. The number of piperidine rings is 1. The van der Waals surface area contributed by atoms with Crippen molar-refractivity contribution in [2.24, 2.45) is 0 Å². The zero-order valence-corrected chi connectivity index (χ0v) is 10.2. The molecule has 0 bridgehead atoms. The monoisotopic (exact) mass is 240 g/mol. The molecule has 1 N–H and O–H groups in total. The van der Waals surface area contributed by atoms with Crippen LogP contribution < -0.4 is 5.32 Å². The molecule has 4 nitrogen and oxygen atoms in total. The highest BCUT2D eigenvalue weighted by Crippen LogP contribution is 2.18. The zero-order chi connectivity index (χ0) is 11.4. The van der Waals surface area contributed by atoms with Gasteiger partial charge in [0.15, 0.2) is 11.0 Å². The van der Waals surface area contributed by atoms with Gasteiger partial charge in [-0.2, -0.15) is 0 Å². The summed E-state index contributed by atoms with van der Waals surface area (Å²) in [6, 6.07) is 0.576. The van der Waals surface area contributed by atoms with Gasteiger partial charge in [0, 0.05) is 25.0 Å². The van der Waals surface area contributed by atoms with Crippen LogP contribution >= 0.6 is 11.6 Å². The van der Waals surface area contributed by atoms with Crippen LogP contribution in [0.2, 0.25) is 5.15 Å². The molecule has 16 heavy (non-hydrogen) atoms. The van der Waals surface area contributed by atoms with Gasteiger partial charge < -0.3 is 10.2 Å². The van der Waals surface area contributed by atoms with Gasteiger partial charge in [-0.1, -0.05) is 18.0 Å². The Kier molecular flexibility index (Phi) is 3.96. The van der Waals surface area contributed by atoms with E-state index in [4.69, 9.17) is 11.6 Å². The number of rotatable bonds is 3. The Morgan fingerprint density at radius 1 is 1.44 bits per heavy atom. The molecule has 0 saturated carbocycles. The third-order valence-electron chi connectivity index (χ3n) is 3.08. The number of nitrogens with one attached hydrogen (secondary N) is 1. The number of anilines is 1. The van der Waals surface area contributed by atoms with Gasteiger partial charge in [0.25, 0.3) is 0 Å². The first-order valence-corrected chi connectivity index (χ1v) is 6.06. The van der Waals surface area contributed by atoms with Crippen LogP contribution in [0.1, 0.15) is 19.3 Å².